The first-order valence-corrected chi connectivity index (χ1v) is 5.08. The number of nitrogens with zero attached hydrogens (tertiary/aromatic N) is 1. The summed E-state index contributed by atoms with van der Waals surface area (Å²) in [7, 11) is 0. The van der Waals surface area contributed by atoms with Crippen molar-refractivity contribution >= 4 is 5.97 Å². The molecule has 0 saturated carbocycles. The van der Waals surface area contributed by atoms with Crippen LogP contribution >= 0.6 is 0 Å². The molecule has 0 bridgehead atoms. The Bertz CT molecular complexity index is 276. The Balaban J connectivity index is 2.65. The molecule has 92 valence electrons. The lowest BCUT2D eigenvalue weighted by Crippen LogP contribution is -2.44. The summed E-state index contributed by atoms with van der Waals surface area (Å²) >= 11 is 0. The molecule has 1 atom stereocenters. The van der Waals surface area contributed by atoms with Gasteiger partial charge >= 0.3 is 12.1 Å². The molecule has 0 saturated heterocycles. The van der Waals surface area contributed by atoms with E-state index in [4.69, 9.17) is 5.11 Å². The molecular weight excluding hydrogens is 223 g/mol. The van der Waals surface area contributed by atoms with Gasteiger partial charge in [0.25, 0.3) is 0 Å². The molecule has 0 radical (unpaired) electrons. The Hall–Kier alpha value is -1.04. The highest BCUT2D eigenvalue weighted by Gasteiger charge is 2.34. The van der Waals surface area contributed by atoms with Crippen molar-refractivity contribution in [2.75, 3.05) is 13.1 Å². The number of carbonyl (C=O) groups is 1. The van der Waals surface area contributed by atoms with Crippen LogP contribution < -0.4 is 0 Å². The van der Waals surface area contributed by atoms with Gasteiger partial charge in [-0.05, 0) is 19.3 Å². The molecule has 0 spiro atoms. The molecule has 0 aromatic heterocycles. The van der Waals surface area contributed by atoms with Crippen LogP contribution in [0, 0.1) is 0 Å². The maximum absolute atomic E-state index is 12.3. The van der Waals surface area contributed by atoms with Crippen molar-refractivity contribution in [1.29, 1.82) is 0 Å². The fourth-order valence-electron chi connectivity index (χ4n) is 1.79. The van der Waals surface area contributed by atoms with E-state index in [2.05, 4.69) is 0 Å². The maximum atomic E-state index is 12.3. The van der Waals surface area contributed by atoms with Crippen molar-refractivity contribution in [2.24, 2.45) is 0 Å². The number of hydrogen-bond acceptors (Lipinski definition) is 2. The van der Waals surface area contributed by atoms with E-state index < -0.39 is 31.3 Å². The van der Waals surface area contributed by atoms with Gasteiger partial charge in [0.05, 0.1) is 13.1 Å². The topological polar surface area (TPSA) is 40.5 Å². The number of allylic oxidation sites excluding steroid dienone is 1. The van der Waals surface area contributed by atoms with Crippen LogP contribution in [0.4, 0.5) is 13.2 Å². The van der Waals surface area contributed by atoms with E-state index in [-0.39, 0.29) is 0 Å². The van der Waals surface area contributed by atoms with Gasteiger partial charge in [-0.3, -0.25) is 9.69 Å². The molecule has 0 amide bonds. The van der Waals surface area contributed by atoms with Crippen molar-refractivity contribution in [1.82, 2.24) is 4.90 Å². The van der Waals surface area contributed by atoms with Gasteiger partial charge in [0.2, 0.25) is 0 Å². The van der Waals surface area contributed by atoms with E-state index in [1.54, 1.807) is 12.2 Å². The average molecular weight is 237 g/mol. The van der Waals surface area contributed by atoms with Gasteiger partial charge in [0, 0.05) is 6.04 Å². The van der Waals surface area contributed by atoms with Gasteiger partial charge in [0.1, 0.15) is 0 Å². The highest BCUT2D eigenvalue weighted by molar-refractivity contribution is 5.69. The first kappa shape index (κ1) is 13.0. The molecule has 1 rings (SSSR count). The molecular formula is C10H14F3NO2. The molecule has 0 fully saturated rings. The normalized spacial score (nSPS) is 21.4. The van der Waals surface area contributed by atoms with Gasteiger partial charge in [-0.1, -0.05) is 12.2 Å². The first-order chi connectivity index (χ1) is 7.38. The summed E-state index contributed by atoms with van der Waals surface area (Å²) < 4.78 is 36.8. The predicted molar refractivity (Wildman–Crippen MR) is 52.0 cm³/mol. The third-order valence-electron chi connectivity index (χ3n) is 2.42. The maximum Gasteiger partial charge on any atom is 0.401 e. The van der Waals surface area contributed by atoms with E-state index in [0.717, 1.165) is 17.7 Å². The lowest BCUT2D eigenvalue weighted by Gasteiger charge is -2.30. The van der Waals surface area contributed by atoms with Crippen molar-refractivity contribution < 1.29 is 23.1 Å². The number of rotatable bonds is 4. The smallest absolute Gasteiger partial charge is 0.401 e. The fraction of sp³-hybridized carbons (Fsp3) is 0.700. The minimum atomic E-state index is -4.36. The molecule has 0 aliphatic heterocycles. The quantitative estimate of drug-likeness (QED) is 0.761. The summed E-state index contributed by atoms with van der Waals surface area (Å²) in [6, 6.07) is -0.411. The summed E-state index contributed by atoms with van der Waals surface area (Å²) in [6.45, 7) is -1.75. The standard InChI is InChI=1S/C10H14F3NO2/c11-10(12,13)7-14(6-9(15)16)8-4-2-1-3-5-8/h2,4,8H,1,3,5-7H2,(H,15,16). The Labute approximate surface area is 91.5 Å². The molecule has 0 aromatic rings. The molecule has 1 aliphatic carbocycles. The summed E-state index contributed by atoms with van der Waals surface area (Å²) in [4.78, 5) is 11.5. The summed E-state index contributed by atoms with van der Waals surface area (Å²) in [6.07, 6.45) is 1.34. The highest BCUT2D eigenvalue weighted by atomic mass is 19.4. The molecule has 3 nitrogen and oxygen atoms in total. The molecule has 1 aliphatic rings. The number of halogens is 3. The summed E-state index contributed by atoms with van der Waals surface area (Å²) in [5, 5.41) is 8.58. The lowest BCUT2D eigenvalue weighted by atomic mass is 10.0. The van der Waals surface area contributed by atoms with Crippen molar-refractivity contribution in [3.8, 4) is 0 Å². The van der Waals surface area contributed by atoms with Crippen LogP contribution in [-0.4, -0.2) is 41.3 Å². The van der Waals surface area contributed by atoms with Crippen molar-refractivity contribution in [2.45, 2.75) is 31.5 Å². The van der Waals surface area contributed by atoms with Crippen LogP contribution in [0.2, 0.25) is 0 Å². The fourth-order valence-corrected chi connectivity index (χ4v) is 1.79. The average Bonchev–Trinajstić information content (AvgIpc) is 2.15. The number of aliphatic carboxylic acids is 1. The zero-order valence-electron chi connectivity index (χ0n) is 8.70. The minimum Gasteiger partial charge on any atom is -0.480 e. The first-order valence-electron chi connectivity index (χ1n) is 5.08. The minimum absolute atomic E-state index is 0.411. The molecule has 16 heavy (non-hydrogen) atoms. The van der Waals surface area contributed by atoms with E-state index in [1.165, 1.54) is 0 Å². The van der Waals surface area contributed by atoms with Crippen LogP contribution in [0.25, 0.3) is 0 Å². The number of carboxylic acids is 1. The van der Waals surface area contributed by atoms with Gasteiger partial charge in [-0.15, -0.1) is 0 Å². The predicted octanol–water partition coefficient (Wildman–Crippen LogP) is 2.04. The van der Waals surface area contributed by atoms with Crippen LogP contribution in [0.15, 0.2) is 12.2 Å². The second-order valence-electron chi connectivity index (χ2n) is 3.84. The Morgan fingerprint density at radius 3 is 2.62 bits per heavy atom. The van der Waals surface area contributed by atoms with Crippen molar-refractivity contribution in [3.63, 3.8) is 0 Å². The SMILES string of the molecule is O=C(O)CN(CC(F)(F)F)C1C=CCCC1. The monoisotopic (exact) mass is 237 g/mol. The zero-order chi connectivity index (χ0) is 12.2. The van der Waals surface area contributed by atoms with E-state index in [1.807, 2.05) is 0 Å². The Morgan fingerprint density at radius 1 is 1.50 bits per heavy atom. The third-order valence-corrected chi connectivity index (χ3v) is 2.42. The summed E-state index contributed by atoms with van der Waals surface area (Å²) in [5.41, 5.74) is 0. The molecule has 1 N–H and O–H groups in total. The zero-order valence-corrected chi connectivity index (χ0v) is 8.70. The van der Waals surface area contributed by atoms with Crippen LogP contribution in [0.3, 0.4) is 0 Å². The lowest BCUT2D eigenvalue weighted by molar-refractivity contribution is -0.156. The van der Waals surface area contributed by atoms with E-state index >= 15 is 0 Å². The van der Waals surface area contributed by atoms with Gasteiger partial charge in [-0.2, -0.15) is 13.2 Å². The van der Waals surface area contributed by atoms with Crippen LogP contribution in [0.5, 0.6) is 0 Å². The number of alkyl halides is 3. The second-order valence-corrected chi connectivity index (χ2v) is 3.84. The molecule has 6 heteroatoms. The van der Waals surface area contributed by atoms with Gasteiger partial charge in [0.15, 0.2) is 0 Å². The van der Waals surface area contributed by atoms with Crippen LogP contribution in [0.1, 0.15) is 19.3 Å². The molecule has 0 heterocycles. The van der Waals surface area contributed by atoms with Crippen LogP contribution in [-0.2, 0) is 4.79 Å². The number of hydrogen-bond donors (Lipinski definition) is 1. The molecule has 1 unspecified atom stereocenters. The van der Waals surface area contributed by atoms with E-state index in [0.29, 0.717) is 6.42 Å². The van der Waals surface area contributed by atoms with Crippen molar-refractivity contribution in [3.05, 3.63) is 12.2 Å². The van der Waals surface area contributed by atoms with Gasteiger partial charge < -0.3 is 5.11 Å². The Morgan fingerprint density at radius 2 is 2.19 bits per heavy atom. The van der Waals surface area contributed by atoms with E-state index in [9.17, 15) is 18.0 Å². The second kappa shape index (κ2) is 5.34. The largest absolute Gasteiger partial charge is 0.480 e. The molecule has 0 aromatic carbocycles. The highest BCUT2D eigenvalue weighted by Crippen LogP contribution is 2.22. The third kappa shape index (κ3) is 4.65. The number of carboxylic acid groups (broad SMARTS) is 1. The Kier molecular flexibility index (Phi) is 4.35. The van der Waals surface area contributed by atoms with Gasteiger partial charge in [-0.25, -0.2) is 0 Å². The summed E-state index contributed by atoms with van der Waals surface area (Å²) in [5.74, 6) is -1.23.